The molecule has 0 amide bonds. The summed E-state index contributed by atoms with van der Waals surface area (Å²) < 4.78 is 41.3. The van der Waals surface area contributed by atoms with E-state index < -0.39 is 15.5 Å². The third-order valence-corrected chi connectivity index (χ3v) is 2.98. The van der Waals surface area contributed by atoms with E-state index in [0.717, 1.165) is 12.1 Å². The minimum absolute atomic E-state index is 0.0150. The molecule has 2 rings (SSSR count). The maximum atomic E-state index is 12.6. The molecule has 2 nitrogen and oxygen atoms in total. The Labute approximate surface area is 133 Å². The number of hydrogen-bond acceptors (Lipinski definition) is 2. The van der Waals surface area contributed by atoms with Gasteiger partial charge in [0.25, 0.3) is 0 Å². The van der Waals surface area contributed by atoms with Crippen LogP contribution in [-0.2, 0) is 9.97 Å². The molecule has 0 bridgehead atoms. The van der Waals surface area contributed by atoms with Crippen LogP contribution in [-0.4, -0.2) is 4.98 Å². The number of benzene rings is 1. The van der Waals surface area contributed by atoms with Crippen LogP contribution in [0.5, 0.6) is 11.6 Å². The number of alkyl halides is 6. The van der Waals surface area contributed by atoms with E-state index in [-0.39, 0.29) is 17.3 Å². The minimum Gasteiger partial charge on any atom is -0.439 e. The Hall–Kier alpha value is -1.17. The van der Waals surface area contributed by atoms with Gasteiger partial charge in [0.15, 0.2) is 0 Å². The quantitative estimate of drug-likeness (QED) is 0.642. The Morgan fingerprint density at radius 3 is 2.24 bits per heavy atom. The minimum atomic E-state index is -4.45. The highest BCUT2D eigenvalue weighted by Crippen LogP contribution is 2.38. The fourth-order valence-corrected chi connectivity index (χ4v) is 1.80. The van der Waals surface area contributed by atoms with Crippen molar-refractivity contribution in [3.05, 3.63) is 53.7 Å². The van der Waals surface area contributed by atoms with Gasteiger partial charge in [-0.05, 0) is 24.3 Å². The molecule has 0 aliphatic heterocycles. The lowest BCUT2D eigenvalue weighted by molar-refractivity contribution is -0.137. The first-order chi connectivity index (χ1) is 9.66. The van der Waals surface area contributed by atoms with Crippen molar-refractivity contribution in [3.8, 4) is 11.6 Å². The molecule has 1 heterocycles. The van der Waals surface area contributed by atoms with Crippen molar-refractivity contribution in [1.82, 2.24) is 4.98 Å². The number of halogens is 6. The van der Waals surface area contributed by atoms with Gasteiger partial charge in [-0.25, -0.2) is 4.98 Å². The highest BCUT2D eigenvalue weighted by molar-refractivity contribution is 6.66. The molecule has 1 aromatic heterocycles. The summed E-state index contributed by atoms with van der Waals surface area (Å²) in [6, 6.07) is 8.84. The molecule has 0 radical (unpaired) electrons. The Morgan fingerprint density at radius 2 is 1.62 bits per heavy atom. The van der Waals surface area contributed by atoms with E-state index in [9.17, 15) is 13.2 Å². The van der Waals surface area contributed by atoms with Crippen LogP contribution in [0.3, 0.4) is 0 Å². The van der Waals surface area contributed by atoms with E-state index in [1.54, 1.807) is 0 Å². The Balaban J connectivity index is 2.27. The zero-order valence-corrected chi connectivity index (χ0v) is 12.4. The van der Waals surface area contributed by atoms with Gasteiger partial charge in [-0.1, -0.05) is 46.9 Å². The highest BCUT2D eigenvalue weighted by Gasteiger charge is 2.30. The number of rotatable bonds is 2. The van der Waals surface area contributed by atoms with Crippen molar-refractivity contribution in [2.24, 2.45) is 0 Å². The number of pyridine rings is 1. The van der Waals surface area contributed by atoms with Gasteiger partial charge >= 0.3 is 6.18 Å². The third kappa shape index (κ3) is 4.40. The Kier molecular flexibility index (Phi) is 4.56. The summed E-state index contributed by atoms with van der Waals surface area (Å²) in [5.41, 5.74) is -0.713. The molecule has 2 aromatic rings. The van der Waals surface area contributed by atoms with Crippen LogP contribution in [0, 0.1) is 0 Å². The van der Waals surface area contributed by atoms with Gasteiger partial charge in [-0.15, -0.1) is 0 Å². The summed E-state index contributed by atoms with van der Waals surface area (Å²) in [6.07, 6.45) is -4.45. The van der Waals surface area contributed by atoms with Gasteiger partial charge in [0.2, 0.25) is 9.67 Å². The van der Waals surface area contributed by atoms with Gasteiger partial charge in [0.1, 0.15) is 5.75 Å². The largest absolute Gasteiger partial charge is 0.439 e. The normalized spacial score (nSPS) is 12.3. The molecule has 0 aliphatic rings. The van der Waals surface area contributed by atoms with E-state index in [1.807, 2.05) is 0 Å². The molecular weight excluding hydrogens is 350 g/mol. The SMILES string of the molecule is FC(F)(F)c1cccc(Oc2cccc(C(Cl)(Cl)Cl)n2)c1. The number of nitrogens with zero attached hydrogens (tertiary/aromatic N) is 1. The second-order valence-corrected chi connectivity index (χ2v) is 6.27. The average Bonchev–Trinajstić information content (AvgIpc) is 2.37. The van der Waals surface area contributed by atoms with Crippen LogP contribution in [0.25, 0.3) is 0 Å². The molecular formula is C13H7Cl3F3NO. The lowest BCUT2D eigenvalue weighted by Gasteiger charge is -2.12. The van der Waals surface area contributed by atoms with Gasteiger partial charge < -0.3 is 4.74 Å². The Morgan fingerprint density at radius 1 is 0.952 bits per heavy atom. The van der Waals surface area contributed by atoms with E-state index in [1.165, 1.54) is 30.3 Å². The Bertz CT molecular complexity index is 586. The summed E-state index contributed by atoms with van der Waals surface area (Å²) in [7, 11) is 0. The molecule has 8 heteroatoms. The first-order valence-corrected chi connectivity index (χ1v) is 6.69. The molecule has 0 fully saturated rings. The molecule has 0 saturated carbocycles. The van der Waals surface area contributed by atoms with Crippen LogP contribution < -0.4 is 4.74 Å². The second kappa shape index (κ2) is 5.91. The maximum Gasteiger partial charge on any atom is 0.416 e. The molecule has 21 heavy (non-hydrogen) atoms. The molecule has 0 N–H and O–H groups in total. The van der Waals surface area contributed by atoms with Gasteiger partial charge in [-0.3, -0.25) is 0 Å². The van der Waals surface area contributed by atoms with Crippen molar-refractivity contribution in [2.45, 2.75) is 9.97 Å². The number of ether oxygens (including phenoxy) is 1. The lowest BCUT2D eigenvalue weighted by atomic mass is 10.2. The standard InChI is InChI=1S/C13H7Cl3F3NO/c14-12(15,16)10-5-2-6-11(20-10)21-9-4-1-3-8(7-9)13(17,18)19/h1-7H. The summed E-state index contributed by atoms with van der Waals surface area (Å²) in [5.74, 6) is 0.0111. The van der Waals surface area contributed by atoms with Crippen molar-refractivity contribution >= 4 is 34.8 Å². The fraction of sp³-hybridized carbons (Fsp3) is 0.154. The van der Waals surface area contributed by atoms with Crippen LogP contribution >= 0.6 is 34.8 Å². The van der Waals surface area contributed by atoms with Gasteiger partial charge in [0.05, 0.1) is 11.3 Å². The van der Waals surface area contributed by atoms with E-state index in [0.29, 0.717) is 0 Å². The number of hydrogen-bond donors (Lipinski definition) is 0. The highest BCUT2D eigenvalue weighted by atomic mass is 35.6. The monoisotopic (exact) mass is 355 g/mol. The van der Waals surface area contributed by atoms with Crippen molar-refractivity contribution in [2.75, 3.05) is 0 Å². The average molecular weight is 357 g/mol. The van der Waals surface area contributed by atoms with Crippen molar-refractivity contribution in [3.63, 3.8) is 0 Å². The third-order valence-electron chi connectivity index (χ3n) is 2.40. The van der Waals surface area contributed by atoms with E-state index in [4.69, 9.17) is 39.5 Å². The summed E-state index contributed by atoms with van der Waals surface area (Å²) in [6.45, 7) is 0. The second-order valence-electron chi connectivity index (χ2n) is 3.99. The summed E-state index contributed by atoms with van der Waals surface area (Å²) >= 11 is 17.0. The summed E-state index contributed by atoms with van der Waals surface area (Å²) in [4.78, 5) is 3.93. The van der Waals surface area contributed by atoms with Crippen molar-refractivity contribution in [1.29, 1.82) is 0 Å². The van der Waals surface area contributed by atoms with Crippen LogP contribution in [0.2, 0.25) is 0 Å². The molecule has 0 unspecified atom stereocenters. The summed E-state index contributed by atoms with van der Waals surface area (Å²) in [5, 5.41) is 0. The van der Waals surface area contributed by atoms with Gasteiger partial charge in [-0.2, -0.15) is 13.2 Å². The first-order valence-electron chi connectivity index (χ1n) is 5.55. The smallest absolute Gasteiger partial charge is 0.416 e. The topological polar surface area (TPSA) is 22.1 Å². The molecule has 112 valence electrons. The van der Waals surface area contributed by atoms with E-state index in [2.05, 4.69) is 4.98 Å². The predicted octanol–water partition coefficient (Wildman–Crippen LogP) is 5.72. The molecule has 1 aromatic carbocycles. The fourth-order valence-electron chi connectivity index (χ4n) is 1.49. The first kappa shape index (κ1) is 16.2. The van der Waals surface area contributed by atoms with Crippen molar-refractivity contribution < 1.29 is 17.9 Å². The maximum absolute atomic E-state index is 12.6. The van der Waals surface area contributed by atoms with E-state index >= 15 is 0 Å². The molecule has 0 atom stereocenters. The molecule has 0 spiro atoms. The zero-order chi connectivity index (χ0) is 15.7. The molecule has 0 aliphatic carbocycles. The zero-order valence-electron chi connectivity index (χ0n) is 10.2. The van der Waals surface area contributed by atoms with Crippen LogP contribution in [0.1, 0.15) is 11.3 Å². The number of aromatic nitrogens is 1. The van der Waals surface area contributed by atoms with Crippen LogP contribution in [0.4, 0.5) is 13.2 Å². The van der Waals surface area contributed by atoms with Gasteiger partial charge in [0, 0.05) is 6.07 Å². The molecule has 0 saturated heterocycles. The lowest BCUT2D eigenvalue weighted by Crippen LogP contribution is -2.05. The predicted molar refractivity (Wildman–Crippen MR) is 75.0 cm³/mol. The van der Waals surface area contributed by atoms with Crippen LogP contribution in [0.15, 0.2) is 42.5 Å².